The second kappa shape index (κ2) is 2.28. The van der Waals surface area contributed by atoms with Crippen LogP contribution in [0, 0.1) is 0 Å². The van der Waals surface area contributed by atoms with Crippen LogP contribution in [0.3, 0.4) is 0 Å². The lowest BCUT2D eigenvalue weighted by Crippen LogP contribution is -2.26. The average molecular weight is 162 g/mol. The quantitative estimate of drug-likeness (QED) is 0.486. The molecule has 0 heterocycles. The van der Waals surface area contributed by atoms with Crippen molar-refractivity contribution in [3.05, 3.63) is 0 Å². The molecular formula is C2H2F3O3P-2. The summed E-state index contributed by atoms with van der Waals surface area (Å²) in [4.78, 5) is 18.8. The highest BCUT2D eigenvalue weighted by Gasteiger charge is 2.28. The van der Waals surface area contributed by atoms with Crippen molar-refractivity contribution < 1.29 is 27.5 Å². The molecule has 0 aliphatic heterocycles. The largest absolute Gasteiger partial charge is 0.810 e. The summed E-state index contributed by atoms with van der Waals surface area (Å²) in [5, 5.41) is 0. The maximum atomic E-state index is 11.0. The van der Waals surface area contributed by atoms with Crippen molar-refractivity contribution in [3.63, 3.8) is 0 Å². The molecule has 56 valence electrons. The molecule has 0 N–H and O–H groups in total. The molecule has 0 bridgehead atoms. The topological polar surface area (TPSA) is 63.2 Å². The highest BCUT2D eigenvalue weighted by atomic mass is 31.2. The summed E-state index contributed by atoms with van der Waals surface area (Å²) < 4.78 is 42.3. The van der Waals surface area contributed by atoms with Crippen molar-refractivity contribution in [2.24, 2.45) is 0 Å². The Morgan fingerprint density at radius 3 is 1.67 bits per heavy atom. The van der Waals surface area contributed by atoms with E-state index in [2.05, 4.69) is 0 Å². The van der Waals surface area contributed by atoms with Crippen LogP contribution in [0.1, 0.15) is 0 Å². The molecular weight excluding hydrogens is 160 g/mol. The highest BCUT2D eigenvalue weighted by molar-refractivity contribution is 7.48. The van der Waals surface area contributed by atoms with E-state index in [0.717, 1.165) is 0 Å². The molecule has 0 aromatic rings. The van der Waals surface area contributed by atoms with Crippen LogP contribution in [-0.2, 0) is 4.57 Å². The smallest absolute Gasteiger partial charge is 0.393 e. The molecule has 0 saturated heterocycles. The molecule has 0 unspecified atom stereocenters. The SMILES string of the molecule is O=P([O-])([O-])CC(F)(F)F. The Morgan fingerprint density at radius 1 is 1.33 bits per heavy atom. The Morgan fingerprint density at radius 2 is 1.67 bits per heavy atom. The zero-order valence-corrected chi connectivity index (χ0v) is 4.91. The molecule has 0 aromatic heterocycles. The number of rotatable bonds is 1. The van der Waals surface area contributed by atoms with E-state index >= 15 is 0 Å². The standard InChI is InChI=1S/C2H4F3O3P/c3-2(4,5)1-9(6,7)8/h1H2,(H2,6,7,8)/p-2. The van der Waals surface area contributed by atoms with Crippen LogP contribution in [-0.4, -0.2) is 12.3 Å². The molecule has 0 saturated carbocycles. The molecule has 0 aromatic carbocycles. The first kappa shape index (κ1) is 8.94. The summed E-state index contributed by atoms with van der Waals surface area (Å²) in [5.41, 5.74) is 0. The van der Waals surface area contributed by atoms with E-state index in [9.17, 15) is 27.5 Å². The molecule has 0 radical (unpaired) electrons. The molecule has 7 heteroatoms. The number of hydrogen-bond acceptors (Lipinski definition) is 3. The first-order valence-corrected chi connectivity index (χ1v) is 3.51. The highest BCUT2D eigenvalue weighted by Crippen LogP contribution is 2.32. The Kier molecular flexibility index (Phi) is 2.27. The van der Waals surface area contributed by atoms with Crippen LogP contribution in [0.5, 0.6) is 0 Å². The van der Waals surface area contributed by atoms with E-state index in [0.29, 0.717) is 0 Å². The molecule has 0 atom stereocenters. The van der Waals surface area contributed by atoms with Gasteiger partial charge in [-0.3, -0.25) is 0 Å². The lowest BCUT2D eigenvalue weighted by Gasteiger charge is -2.29. The minimum atomic E-state index is -5.41. The van der Waals surface area contributed by atoms with E-state index in [-0.39, 0.29) is 0 Å². The summed E-state index contributed by atoms with van der Waals surface area (Å²) >= 11 is 0. The second-order valence-electron chi connectivity index (χ2n) is 1.38. The lowest BCUT2D eigenvalue weighted by atomic mass is 10.8. The Balaban J connectivity index is 3.90. The summed E-state index contributed by atoms with van der Waals surface area (Å²) in [6.45, 7) is 0. The second-order valence-corrected chi connectivity index (χ2v) is 2.92. The molecule has 3 nitrogen and oxygen atoms in total. The van der Waals surface area contributed by atoms with Gasteiger partial charge in [-0.25, -0.2) is 0 Å². The molecule has 0 amide bonds. The zero-order valence-electron chi connectivity index (χ0n) is 4.01. The van der Waals surface area contributed by atoms with Gasteiger partial charge in [0, 0.05) is 0 Å². The minimum absolute atomic E-state index is 2.26. The predicted molar refractivity (Wildman–Crippen MR) is 18.5 cm³/mol. The van der Waals surface area contributed by atoms with Crippen molar-refractivity contribution >= 4 is 7.60 Å². The number of hydrogen-bond donors (Lipinski definition) is 0. The molecule has 0 aliphatic rings. The van der Waals surface area contributed by atoms with Crippen LogP contribution in [0.2, 0.25) is 0 Å². The lowest BCUT2D eigenvalue weighted by molar-refractivity contribution is -0.318. The van der Waals surface area contributed by atoms with Gasteiger partial charge in [0.15, 0.2) is 0 Å². The zero-order chi connectivity index (χ0) is 7.71. The summed E-state index contributed by atoms with van der Waals surface area (Å²) in [6, 6.07) is 0. The van der Waals surface area contributed by atoms with Crippen LogP contribution in [0.15, 0.2) is 0 Å². The fourth-order valence-corrected chi connectivity index (χ4v) is 0.659. The van der Waals surface area contributed by atoms with Crippen molar-refractivity contribution in [2.45, 2.75) is 6.18 Å². The third kappa shape index (κ3) is 7.94. The molecule has 0 rings (SSSR count). The van der Waals surface area contributed by atoms with Gasteiger partial charge >= 0.3 is 6.18 Å². The maximum absolute atomic E-state index is 11.0. The van der Waals surface area contributed by atoms with Crippen molar-refractivity contribution in [1.82, 2.24) is 0 Å². The van der Waals surface area contributed by atoms with Crippen LogP contribution < -0.4 is 9.79 Å². The van der Waals surface area contributed by atoms with Gasteiger partial charge in [0.1, 0.15) is 0 Å². The fraction of sp³-hybridized carbons (Fsp3) is 1.00. The predicted octanol–water partition coefficient (Wildman–Crippen LogP) is -0.538. The first-order chi connectivity index (χ1) is 3.71. The van der Waals surface area contributed by atoms with Gasteiger partial charge < -0.3 is 14.4 Å². The first-order valence-electron chi connectivity index (χ1n) is 1.78. The van der Waals surface area contributed by atoms with Gasteiger partial charge in [-0.15, -0.1) is 0 Å². The summed E-state index contributed by atoms with van der Waals surface area (Å²) in [5.74, 6) is 0. The summed E-state index contributed by atoms with van der Waals surface area (Å²) in [6.07, 6.45) is -7.17. The van der Waals surface area contributed by atoms with Gasteiger partial charge in [0.05, 0.1) is 6.16 Å². The molecule has 9 heavy (non-hydrogen) atoms. The van der Waals surface area contributed by atoms with Gasteiger partial charge in [0.2, 0.25) is 0 Å². The van der Waals surface area contributed by atoms with Crippen molar-refractivity contribution in [3.8, 4) is 0 Å². The van der Waals surface area contributed by atoms with Gasteiger partial charge in [0.25, 0.3) is 0 Å². The van der Waals surface area contributed by atoms with E-state index in [4.69, 9.17) is 0 Å². The van der Waals surface area contributed by atoms with E-state index in [1.807, 2.05) is 0 Å². The Labute approximate surface area is 48.7 Å². The van der Waals surface area contributed by atoms with Crippen molar-refractivity contribution in [2.75, 3.05) is 6.16 Å². The van der Waals surface area contributed by atoms with Crippen molar-refractivity contribution in [1.29, 1.82) is 0 Å². The third-order valence-corrected chi connectivity index (χ3v) is 1.12. The average Bonchev–Trinajstić information content (AvgIpc) is 1.14. The Hall–Kier alpha value is -0.0600. The van der Waals surface area contributed by atoms with Gasteiger partial charge in [-0.2, -0.15) is 13.2 Å². The fourth-order valence-electron chi connectivity index (χ4n) is 0.220. The maximum Gasteiger partial charge on any atom is 0.393 e. The van der Waals surface area contributed by atoms with Gasteiger partial charge in [-0.1, -0.05) is 7.60 Å². The number of halogens is 3. The monoisotopic (exact) mass is 162 g/mol. The number of alkyl halides is 3. The molecule has 0 fully saturated rings. The van der Waals surface area contributed by atoms with Gasteiger partial charge in [-0.05, 0) is 0 Å². The van der Waals surface area contributed by atoms with E-state index in [1.54, 1.807) is 0 Å². The van der Waals surface area contributed by atoms with Crippen LogP contribution >= 0.6 is 7.60 Å². The molecule has 0 spiro atoms. The minimum Gasteiger partial charge on any atom is -0.810 e. The molecule has 0 aliphatic carbocycles. The Bertz CT molecular complexity index is 134. The van der Waals surface area contributed by atoms with E-state index in [1.165, 1.54) is 0 Å². The normalized spacial score (nSPS) is 13.9. The van der Waals surface area contributed by atoms with Crippen LogP contribution in [0.25, 0.3) is 0 Å². The summed E-state index contributed by atoms with van der Waals surface area (Å²) in [7, 11) is -5.41. The van der Waals surface area contributed by atoms with Crippen LogP contribution in [0.4, 0.5) is 13.2 Å². The van der Waals surface area contributed by atoms with E-state index < -0.39 is 19.9 Å². The third-order valence-electron chi connectivity index (χ3n) is 0.373.